The minimum Gasteiger partial charge on any atom is -0.356 e. The smallest absolute Gasteiger partial charge is 0.135 e. The number of nitrogens with zero attached hydrogens (tertiary/aromatic N) is 3. The van der Waals surface area contributed by atoms with Crippen molar-refractivity contribution in [3.63, 3.8) is 0 Å². The van der Waals surface area contributed by atoms with Crippen LogP contribution < -0.4 is 10.6 Å². The average Bonchev–Trinajstić information content (AvgIpc) is 2.97. The molecular formula is C13H20N4. The van der Waals surface area contributed by atoms with Crippen LogP contribution in [0.3, 0.4) is 0 Å². The Labute approximate surface area is 102 Å². The summed E-state index contributed by atoms with van der Waals surface area (Å²) < 4.78 is 0. The van der Waals surface area contributed by atoms with Gasteiger partial charge in [0, 0.05) is 30.4 Å². The lowest BCUT2D eigenvalue weighted by Gasteiger charge is -2.21. The predicted molar refractivity (Wildman–Crippen MR) is 68.0 cm³/mol. The highest BCUT2D eigenvalue weighted by atomic mass is 15.2. The lowest BCUT2D eigenvalue weighted by molar-refractivity contribution is 0.488. The number of hydrogen-bond acceptors (Lipinski definition) is 4. The van der Waals surface area contributed by atoms with E-state index in [-0.39, 0.29) is 6.04 Å². The van der Waals surface area contributed by atoms with Gasteiger partial charge in [0.15, 0.2) is 0 Å². The first-order valence-corrected chi connectivity index (χ1v) is 6.59. The van der Waals surface area contributed by atoms with Gasteiger partial charge in [0.2, 0.25) is 0 Å². The van der Waals surface area contributed by atoms with E-state index < -0.39 is 0 Å². The molecule has 2 heterocycles. The van der Waals surface area contributed by atoms with Crippen molar-refractivity contribution in [2.24, 2.45) is 11.7 Å². The van der Waals surface area contributed by atoms with Gasteiger partial charge in [-0.2, -0.15) is 0 Å². The molecule has 0 saturated carbocycles. The first-order valence-electron chi connectivity index (χ1n) is 6.59. The Bertz CT molecular complexity index is 416. The van der Waals surface area contributed by atoms with E-state index in [0.29, 0.717) is 5.92 Å². The van der Waals surface area contributed by atoms with Crippen molar-refractivity contribution in [2.45, 2.75) is 38.6 Å². The maximum absolute atomic E-state index is 5.99. The van der Waals surface area contributed by atoms with E-state index in [4.69, 9.17) is 5.73 Å². The molecule has 2 unspecified atom stereocenters. The lowest BCUT2D eigenvalue weighted by Crippen LogP contribution is -2.30. The summed E-state index contributed by atoms with van der Waals surface area (Å²) in [5, 5.41) is 0. The van der Waals surface area contributed by atoms with Crippen LogP contribution in [0.15, 0.2) is 6.33 Å². The van der Waals surface area contributed by atoms with Crippen LogP contribution in [0.1, 0.15) is 31.0 Å². The maximum atomic E-state index is 5.99. The topological polar surface area (TPSA) is 55.0 Å². The summed E-state index contributed by atoms with van der Waals surface area (Å²) in [5.74, 6) is 1.79. The van der Waals surface area contributed by atoms with Gasteiger partial charge in [0.1, 0.15) is 12.1 Å². The van der Waals surface area contributed by atoms with Crippen molar-refractivity contribution in [1.82, 2.24) is 9.97 Å². The zero-order chi connectivity index (χ0) is 11.8. The third kappa shape index (κ3) is 1.90. The second kappa shape index (κ2) is 4.26. The summed E-state index contributed by atoms with van der Waals surface area (Å²) >= 11 is 0. The molecule has 2 atom stereocenters. The monoisotopic (exact) mass is 232 g/mol. The molecule has 2 aliphatic rings. The zero-order valence-corrected chi connectivity index (χ0v) is 10.4. The quantitative estimate of drug-likeness (QED) is 0.830. The van der Waals surface area contributed by atoms with Crippen LogP contribution in [0.2, 0.25) is 0 Å². The summed E-state index contributed by atoms with van der Waals surface area (Å²) in [4.78, 5) is 11.3. The van der Waals surface area contributed by atoms with Gasteiger partial charge in [-0.3, -0.25) is 0 Å². The molecule has 4 nitrogen and oxygen atoms in total. The lowest BCUT2D eigenvalue weighted by atomic mass is 10.0. The fraction of sp³-hybridized carbons (Fsp3) is 0.692. The van der Waals surface area contributed by atoms with Crippen LogP contribution in [0.25, 0.3) is 0 Å². The van der Waals surface area contributed by atoms with Crippen molar-refractivity contribution in [2.75, 3.05) is 18.0 Å². The summed E-state index contributed by atoms with van der Waals surface area (Å²) in [6, 6.07) is 0.287. The molecule has 0 radical (unpaired) electrons. The molecule has 1 aromatic rings. The molecule has 0 amide bonds. The van der Waals surface area contributed by atoms with Crippen LogP contribution >= 0.6 is 0 Å². The van der Waals surface area contributed by atoms with Crippen molar-refractivity contribution in [3.8, 4) is 0 Å². The Hall–Kier alpha value is -1.16. The van der Waals surface area contributed by atoms with Gasteiger partial charge >= 0.3 is 0 Å². The van der Waals surface area contributed by atoms with Crippen molar-refractivity contribution >= 4 is 5.82 Å². The Balaban J connectivity index is 1.84. The minimum atomic E-state index is 0.287. The van der Waals surface area contributed by atoms with E-state index in [0.717, 1.165) is 25.9 Å². The predicted octanol–water partition coefficient (Wildman–Crippen LogP) is 1.14. The molecule has 17 heavy (non-hydrogen) atoms. The van der Waals surface area contributed by atoms with E-state index in [2.05, 4.69) is 21.8 Å². The highest BCUT2D eigenvalue weighted by molar-refractivity contribution is 5.51. The zero-order valence-electron chi connectivity index (χ0n) is 10.4. The van der Waals surface area contributed by atoms with Gasteiger partial charge in [0.25, 0.3) is 0 Å². The van der Waals surface area contributed by atoms with E-state index in [9.17, 15) is 0 Å². The number of rotatable bonds is 2. The van der Waals surface area contributed by atoms with E-state index in [1.165, 1.54) is 29.9 Å². The van der Waals surface area contributed by atoms with Crippen LogP contribution in [0, 0.1) is 5.92 Å². The van der Waals surface area contributed by atoms with E-state index in [1.807, 2.05) is 0 Å². The molecule has 0 bridgehead atoms. The Kier molecular flexibility index (Phi) is 2.74. The first kappa shape index (κ1) is 11.0. The van der Waals surface area contributed by atoms with Gasteiger partial charge < -0.3 is 10.6 Å². The molecule has 1 aromatic heterocycles. The highest BCUT2D eigenvalue weighted by Gasteiger charge is 2.29. The van der Waals surface area contributed by atoms with Crippen LogP contribution in [0.4, 0.5) is 5.82 Å². The molecular weight excluding hydrogens is 212 g/mol. The first-order chi connectivity index (χ1) is 8.25. The van der Waals surface area contributed by atoms with Gasteiger partial charge in [-0.1, -0.05) is 0 Å². The Morgan fingerprint density at radius 1 is 1.41 bits per heavy atom. The second-order valence-corrected chi connectivity index (χ2v) is 5.33. The number of nitrogens with two attached hydrogens (primary N) is 1. The average molecular weight is 232 g/mol. The fourth-order valence-corrected chi connectivity index (χ4v) is 3.02. The summed E-state index contributed by atoms with van der Waals surface area (Å²) in [6.07, 6.45) is 6.40. The van der Waals surface area contributed by atoms with Crippen molar-refractivity contribution < 1.29 is 0 Å². The standard InChI is InChI=1S/C13H20N4/c1-9(14)10-5-6-17(7-10)13-11-3-2-4-12(11)15-8-16-13/h8-10H,2-7,14H2,1H3. The van der Waals surface area contributed by atoms with Crippen LogP contribution in [-0.2, 0) is 12.8 Å². The minimum absolute atomic E-state index is 0.287. The van der Waals surface area contributed by atoms with Crippen LogP contribution in [0.5, 0.6) is 0 Å². The van der Waals surface area contributed by atoms with Crippen molar-refractivity contribution in [3.05, 3.63) is 17.6 Å². The molecule has 2 N–H and O–H groups in total. The molecule has 3 rings (SSSR count). The summed E-state index contributed by atoms with van der Waals surface area (Å²) in [6.45, 7) is 4.26. The highest BCUT2D eigenvalue weighted by Crippen LogP contribution is 2.31. The molecule has 0 aromatic carbocycles. The SMILES string of the molecule is CC(N)C1CCN(c2ncnc3c2CCC3)C1. The number of aromatic nitrogens is 2. The van der Waals surface area contributed by atoms with E-state index >= 15 is 0 Å². The third-order valence-electron chi connectivity index (χ3n) is 4.12. The third-order valence-corrected chi connectivity index (χ3v) is 4.12. The maximum Gasteiger partial charge on any atom is 0.135 e. The molecule has 1 aliphatic heterocycles. The summed E-state index contributed by atoms with van der Waals surface area (Å²) in [5.41, 5.74) is 8.64. The molecule has 0 spiro atoms. The van der Waals surface area contributed by atoms with Crippen molar-refractivity contribution in [1.29, 1.82) is 0 Å². The number of hydrogen-bond donors (Lipinski definition) is 1. The van der Waals surface area contributed by atoms with Gasteiger partial charge in [-0.15, -0.1) is 0 Å². The Morgan fingerprint density at radius 3 is 3.06 bits per heavy atom. The molecule has 92 valence electrons. The van der Waals surface area contributed by atoms with Gasteiger partial charge in [-0.25, -0.2) is 9.97 Å². The molecule has 1 aliphatic carbocycles. The molecule has 4 heteroatoms. The largest absolute Gasteiger partial charge is 0.356 e. The number of anilines is 1. The van der Waals surface area contributed by atoms with Gasteiger partial charge in [0.05, 0.1) is 0 Å². The normalized spacial score (nSPS) is 25.1. The fourth-order valence-electron chi connectivity index (χ4n) is 3.02. The number of aryl methyl sites for hydroxylation is 1. The van der Waals surface area contributed by atoms with E-state index in [1.54, 1.807) is 6.33 Å². The number of fused-ring (bicyclic) bond motifs is 1. The summed E-state index contributed by atoms with van der Waals surface area (Å²) in [7, 11) is 0. The Morgan fingerprint density at radius 2 is 2.29 bits per heavy atom. The molecule has 1 fully saturated rings. The second-order valence-electron chi connectivity index (χ2n) is 5.33. The van der Waals surface area contributed by atoms with Gasteiger partial charge in [-0.05, 0) is 38.5 Å². The molecule has 1 saturated heterocycles. The van der Waals surface area contributed by atoms with Crippen LogP contribution in [-0.4, -0.2) is 29.1 Å².